The van der Waals surface area contributed by atoms with Crippen molar-refractivity contribution >= 4 is 29.1 Å². The van der Waals surface area contributed by atoms with Gasteiger partial charge in [-0.3, -0.25) is 9.59 Å². The van der Waals surface area contributed by atoms with E-state index < -0.39 is 40.3 Å². The highest BCUT2D eigenvalue weighted by molar-refractivity contribution is 6.32. The number of nitrogens with two attached hydrogens (primary N) is 1. The van der Waals surface area contributed by atoms with Crippen LogP contribution in [0.3, 0.4) is 0 Å². The van der Waals surface area contributed by atoms with Crippen LogP contribution in [0.1, 0.15) is 40.9 Å². The first-order valence-corrected chi connectivity index (χ1v) is 10.5. The van der Waals surface area contributed by atoms with Gasteiger partial charge in [0.25, 0.3) is 5.91 Å². The fraction of sp³-hybridized carbons (Fsp3) is 0.364. The Labute approximate surface area is 200 Å². The minimum atomic E-state index is -4.97. The number of hydrogen-bond acceptors (Lipinski definition) is 3. The summed E-state index contributed by atoms with van der Waals surface area (Å²) in [5.74, 6) is -2.03. The van der Waals surface area contributed by atoms with E-state index in [1.54, 1.807) is 0 Å². The molecule has 1 heterocycles. The molecule has 1 aliphatic heterocycles. The second-order valence-electron chi connectivity index (χ2n) is 7.63. The van der Waals surface area contributed by atoms with Crippen LogP contribution >= 0.6 is 11.6 Å². The van der Waals surface area contributed by atoms with E-state index in [4.69, 9.17) is 17.3 Å². The van der Waals surface area contributed by atoms with Crippen LogP contribution in [0.4, 0.5) is 18.9 Å². The van der Waals surface area contributed by atoms with Crippen LogP contribution in [0.5, 0.6) is 0 Å². The predicted molar refractivity (Wildman–Crippen MR) is 114 cm³/mol. The van der Waals surface area contributed by atoms with E-state index in [1.807, 2.05) is 13.8 Å². The molecule has 6 nitrogen and oxygen atoms in total. The van der Waals surface area contributed by atoms with Gasteiger partial charge in [0, 0.05) is 21.7 Å². The van der Waals surface area contributed by atoms with Gasteiger partial charge in [0.05, 0.1) is 37.4 Å². The summed E-state index contributed by atoms with van der Waals surface area (Å²) >= 11 is 6.20. The maximum Gasteiger partial charge on any atom is 0.416 e. The average Bonchev–Trinajstić information content (AvgIpc) is 2.95. The van der Waals surface area contributed by atoms with Gasteiger partial charge in [-0.05, 0) is 32.0 Å². The number of carbonyl (C=O) groups is 2. The van der Waals surface area contributed by atoms with E-state index in [1.165, 1.54) is 24.3 Å². The number of rotatable bonds is 7. The van der Waals surface area contributed by atoms with Gasteiger partial charge in [0.2, 0.25) is 5.91 Å². The molecule has 11 heteroatoms. The normalized spacial score (nSPS) is 17.8. The lowest BCUT2D eigenvalue weighted by Gasteiger charge is -2.26. The van der Waals surface area contributed by atoms with Crippen molar-refractivity contribution in [2.45, 2.75) is 25.6 Å². The monoisotopic (exact) mass is 505 g/mol. The molecule has 1 aliphatic rings. The number of likely N-dealkylation sites (N-methyl/N-ethyl adjacent to an activating group) is 1. The van der Waals surface area contributed by atoms with Crippen LogP contribution in [0.25, 0.3) is 0 Å². The Hall–Kier alpha value is -2.33. The summed E-state index contributed by atoms with van der Waals surface area (Å²) in [6.45, 7) is 5.86. The Balaban J connectivity index is 0.00000385. The first kappa shape index (κ1) is 26.9. The van der Waals surface area contributed by atoms with Crippen molar-refractivity contribution in [1.82, 2.24) is 0 Å². The van der Waals surface area contributed by atoms with Crippen molar-refractivity contribution in [3.63, 3.8) is 0 Å². The zero-order valence-corrected chi connectivity index (χ0v) is 19.5. The molecular weight excluding hydrogens is 482 g/mol. The number of nitrogens with zero attached hydrogens (tertiary/aromatic N) is 1. The number of amides is 2. The van der Waals surface area contributed by atoms with Crippen molar-refractivity contribution < 1.29 is 45.2 Å². The molecule has 0 saturated carbocycles. The molecule has 4 N–H and O–H groups in total. The molecule has 0 aromatic heterocycles. The molecule has 0 spiro atoms. The molecule has 2 aromatic carbocycles. The average molecular weight is 506 g/mol. The molecule has 0 radical (unpaired) electrons. The summed E-state index contributed by atoms with van der Waals surface area (Å²) in [7, 11) is 0. The standard InChI is InChI=1S/C22H23ClF3N3O3.ClH/c1-3-28(4-2)9-10-29-17-12-13(19(27)30)11-15(22(24,25)26)18(17)21(32,20(29)31)14-7-5-6-8-16(14)23;/h5-8,11-12,32H,3-4,9-10H2,1-2H3,(H2,27,30);1H/t21-;/m0./s1. The van der Waals surface area contributed by atoms with E-state index in [2.05, 4.69) is 0 Å². The van der Waals surface area contributed by atoms with Crippen molar-refractivity contribution in [1.29, 1.82) is 0 Å². The number of aliphatic hydroxyl groups is 1. The van der Waals surface area contributed by atoms with Crippen molar-refractivity contribution in [2.75, 3.05) is 31.1 Å². The Morgan fingerprint density at radius 3 is 2.33 bits per heavy atom. The fourth-order valence-electron chi connectivity index (χ4n) is 4.10. The first-order valence-electron chi connectivity index (χ1n) is 10.1. The van der Waals surface area contributed by atoms with Crippen LogP contribution in [-0.2, 0) is 16.6 Å². The number of benzene rings is 2. The highest BCUT2D eigenvalue weighted by Gasteiger charge is 2.56. The van der Waals surface area contributed by atoms with Crippen molar-refractivity contribution in [3.8, 4) is 0 Å². The molecule has 0 aliphatic carbocycles. The van der Waals surface area contributed by atoms with Crippen LogP contribution < -0.4 is 27.9 Å². The number of nitrogens with one attached hydrogen (secondary N) is 1. The molecule has 3 rings (SSSR count). The Bertz CT molecular complexity index is 1060. The fourth-order valence-corrected chi connectivity index (χ4v) is 4.37. The number of anilines is 1. The Morgan fingerprint density at radius 2 is 1.82 bits per heavy atom. The molecule has 0 bridgehead atoms. The molecule has 0 unspecified atom stereocenters. The van der Waals surface area contributed by atoms with Gasteiger partial charge in [0.1, 0.15) is 0 Å². The summed E-state index contributed by atoms with van der Waals surface area (Å²) in [6.07, 6.45) is -4.97. The predicted octanol–water partition coefficient (Wildman–Crippen LogP) is -1.03. The van der Waals surface area contributed by atoms with Gasteiger partial charge in [-0.15, -0.1) is 0 Å². The summed E-state index contributed by atoms with van der Waals surface area (Å²) in [5.41, 5.74) is -0.136. The van der Waals surface area contributed by atoms with E-state index in [0.29, 0.717) is 12.6 Å². The molecule has 1 atom stereocenters. The van der Waals surface area contributed by atoms with E-state index in [9.17, 15) is 27.9 Å². The number of alkyl halides is 3. The lowest BCUT2D eigenvalue weighted by Crippen LogP contribution is -3.12. The Kier molecular flexibility index (Phi) is 8.06. The molecular formula is C22H24Cl2F3N3O3. The third-order valence-corrected chi connectivity index (χ3v) is 6.20. The van der Waals surface area contributed by atoms with Gasteiger partial charge in [-0.25, -0.2) is 0 Å². The number of quaternary nitrogens is 1. The third-order valence-electron chi connectivity index (χ3n) is 5.87. The van der Waals surface area contributed by atoms with E-state index >= 15 is 0 Å². The summed E-state index contributed by atoms with van der Waals surface area (Å²) in [6, 6.07) is 7.39. The third kappa shape index (κ3) is 4.68. The molecule has 0 saturated heterocycles. The van der Waals surface area contributed by atoms with Crippen LogP contribution in [0.15, 0.2) is 36.4 Å². The molecule has 33 heavy (non-hydrogen) atoms. The molecule has 0 fully saturated rings. The summed E-state index contributed by atoms with van der Waals surface area (Å²) in [4.78, 5) is 27.5. The van der Waals surface area contributed by atoms with Crippen molar-refractivity contribution in [3.05, 3.63) is 63.7 Å². The van der Waals surface area contributed by atoms with Crippen LogP contribution in [0, 0.1) is 0 Å². The highest BCUT2D eigenvalue weighted by atomic mass is 35.5. The quantitative estimate of drug-likeness (QED) is 0.449. The molecule has 2 amide bonds. The van der Waals surface area contributed by atoms with Crippen LogP contribution in [0.2, 0.25) is 5.02 Å². The Morgan fingerprint density at radius 1 is 1.21 bits per heavy atom. The largest absolute Gasteiger partial charge is 1.00 e. The smallest absolute Gasteiger partial charge is 0.416 e. The maximum atomic E-state index is 14.1. The number of hydrogen-bond donors (Lipinski definition) is 3. The zero-order chi connectivity index (χ0) is 23.8. The molecule has 180 valence electrons. The lowest BCUT2D eigenvalue weighted by molar-refractivity contribution is -0.894. The second kappa shape index (κ2) is 9.89. The van der Waals surface area contributed by atoms with E-state index in [0.717, 1.165) is 29.0 Å². The van der Waals surface area contributed by atoms with Gasteiger partial charge >= 0.3 is 6.18 Å². The van der Waals surface area contributed by atoms with Crippen LogP contribution in [-0.4, -0.2) is 43.1 Å². The van der Waals surface area contributed by atoms with Crippen molar-refractivity contribution in [2.24, 2.45) is 5.73 Å². The highest BCUT2D eigenvalue weighted by Crippen LogP contribution is 2.51. The summed E-state index contributed by atoms with van der Waals surface area (Å²) < 4.78 is 42.3. The number of primary amides is 1. The summed E-state index contributed by atoms with van der Waals surface area (Å²) in [5, 5.41) is 11.5. The molecule has 2 aromatic rings. The minimum absolute atomic E-state index is 0. The number of halogens is 5. The first-order chi connectivity index (χ1) is 15.0. The lowest BCUT2D eigenvalue weighted by atomic mass is 9.83. The topological polar surface area (TPSA) is 88.1 Å². The van der Waals surface area contributed by atoms with Gasteiger partial charge < -0.3 is 33.0 Å². The minimum Gasteiger partial charge on any atom is -1.00 e. The second-order valence-corrected chi connectivity index (χ2v) is 8.04. The maximum absolute atomic E-state index is 14.1. The van der Waals surface area contributed by atoms with Gasteiger partial charge in [-0.2, -0.15) is 13.2 Å². The van der Waals surface area contributed by atoms with Gasteiger partial charge in [0.15, 0.2) is 5.60 Å². The number of fused-ring (bicyclic) bond motifs is 1. The van der Waals surface area contributed by atoms with Gasteiger partial charge in [-0.1, -0.05) is 29.8 Å². The zero-order valence-electron chi connectivity index (χ0n) is 18.0. The number of carbonyl (C=O) groups excluding carboxylic acids is 2. The SMILES string of the molecule is CC[NH+](CC)CCN1C(=O)[C@](O)(c2ccccc2Cl)c2c1cc(C(N)=O)cc2C(F)(F)F.[Cl-]. The van der Waals surface area contributed by atoms with E-state index in [-0.39, 0.29) is 35.2 Å².